The van der Waals surface area contributed by atoms with Crippen LogP contribution in [0.5, 0.6) is 0 Å². The molecule has 19 heavy (non-hydrogen) atoms. The molecule has 1 rings (SSSR count). The van der Waals surface area contributed by atoms with Crippen LogP contribution in [0.4, 0.5) is 11.5 Å². The summed E-state index contributed by atoms with van der Waals surface area (Å²) in [4.78, 5) is 13.8. The van der Waals surface area contributed by atoms with Crippen molar-refractivity contribution in [2.45, 2.75) is 12.5 Å². The predicted octanol–water partition coefficient (Wildman–Crippen LogP) is 0.671. The lowest BCUT2D eigenvalue weighted by Gasteiger charge is -2.10. The molecule has 0 aliphatic carbocycles. The molecule has 0 aromatic carbocycles. The van der Waals surface area contributed by atoms with Crippen LogP contribution in [-0.2, 0) is 4.74 Å². The summed E-state index contributed by atoms with van der Waals surface area (Å²) in [6, 6.07) is 2.99. The van der Waals surface area contributed by atoms with Crippen LogP contribution in [0.3, 0.4) is 0 Å². The molecule has 0 amide bonds. The Morgan fingerprint density at radius 3 is 3.05 bits per heavy atom. The molecular formula is C11H14N4O4. The number of anilines is 1. The van der Waals surface area contributed by atoms with Gasteiger partial charge in [0.05, 0.1) is 17.6 Å². The van der Waals surface area contributed by atoms with E-state index in [-0.39, 0.29) is 23.7 Å². The average molecular weight is 266 g/mol. The highest BCUT2D eigenvalue weighted by molar-refractivity contribution is 5.55. The number of hydrogen-bond acceptors (Lipinski definition) is 7. The number of pyridine rings is 1. The molecule has 0 spiro atoms. The number of aliphatic hydroxyl groups is 1. The van der Waals surface area contributed by atoms with Gasteiger partial charge in [-0.15, -0.1) is 0 Å². The second-order valence-corrected chi connectivity index (χ2v) is 3.78. The standard InChI is InChI=1S/C11H14N4O4/c1-19-7-10(16)2-3-13-11-8(5-12)4-9(6-14-11)15(17)18/h4,6,10,16H,2-3,7H2,1H3,(H,13,14). The molecule has 0 aliphatic heterocycles. The van der Waals surface area contributed by atoms with E-state index in [1.54, 1.807) is 0 Å². The fourth-order valence-corrected chi connectivity index (χ4v) is 1.41. The van der Waals surface area contributed by atoms with Crippen molar-refractivity contribution < 1.29 is 14.8 Å². The van der Waals surface area contributed by atoms with Crippen molar-refractivity contribution in [3.8, 4) is 6.07 Å². The minimum atomic E-state index is -0.611. The van der Waals surface area contributed by atoms with Crippen LogP contribution in [0.2, 0.25) is 0 Å². The highest BCUT2D eigenvalue weighted by Crippen LogP contribution is 2.18. The van der Waals surface area contributed by atoms with E-state index in [1.807, 2.05) is 6.07 Å². The number of ether oxygens (including phenoxy) is 1. The molecule has 0 fully saturated rings. The molecule has 1 aromatic heterocycles. The first-order valence-electron chi connectivity index (χ1n) is 5.54. The van der Waals surface area contributed by atoms with E-state index in [2.05, 4.69) is 10.3 Å². The van der Waals surface area contributed by atoms with Crippen molar-refractivity contribution in [2.75, 3.05) is 25.6 Å². The smallest absolute Gasteiger partial charge is 0.289 e. The van der Waals surface area contributed by atoms with Gasteiger partial charge in [-0.05, 0) is 6.42 Å². The van der Waals surface area contributed by atoms with Crippen LogP contribution in [0.1, 0.15) is 12.0 Å². The minimum Gasteiger partial charge on any atom is -0.391 e. The van der Waals surface area contributed by atoms with Gasteiger partial charge in [0.25, 0.3) is 5.69 Å². The van der Waals surface area contributed by atoms with E-state index in [9.17, 15) is 15.2 Å². The van der Waals surface area contributed by atoms with Crippen LogP contribution in [0.25, 0.3) is 0 Å². The zero-order chi connectivity index (χ0) is 14.3. The summed E-state index contributed by atoms with van der Waals surface area (Å²) in [5.74, 6) is 0.262. The first-order valence-corrected chi connectivity index (χ1v) is 5.54. The van der Waals surface area contributed by atoms with E-state index < -0.39 is 11.0 Å². The Kier molecular flexibility index (Phi) is 5.66. The lowest BCUT2D eigenvalue weighted by atomic mass is 10.2. The number of nitriles is 1. The highest BCUT2D eigenvalue weighted by atomic mass is 16.6. The summed E-state index contributed by atoms with van der Waals surface area (Å²) >= 11 is 0. The van der Waals surface area contributed by atoms with Crippen molar-refractivity contribution in [3.63, 3.8) is 0 Å². The molecule has 1 atom stereocenters. The third-order valence-corrected chi connectivity index (χ3v) is 2.33. The van der Waals surface area contributed by atoms with Gasteiger partial charge < -0.3 is 15.2 Å². The Morgan fingerprint density at radius 1 is 1.74 bits per heavy atom. The van der Waals surface area contributed by atoms with Crippen LogP contribution < -0.4 is 5.32 Å². The SMILES string of the molecule is COCC(O)CCNc1ncc([N+](=O)[O-])cc1C#N. The van der Waals surface area contributed by atoms with E-state index >= 15 is 0 Å². The first kappa shape index (κ1) is 14.8. The monoisotopic (exact) mass is 266 g/mol. The molecular weight excluding hydrogens is 252 g/mol. The van der Waals surface area contributed by atoms with Crippen LogP contribution in [-0.4, -0.2) is 41.4 Å². The third kappa shape index (κ3) is 4.50. The average Bonchev–Trinajstić information content (AvgIpc) is 2.39. The van der Waals surface area contributed by atoms with E-state index in [0.29, 0.717) is 13.0 Å². The lowest BCUT2D eigenvalue weighted by molar-refractivity contribution is -0.385. The molecule has 2 N–H and O–H groups in total. The van der Waals surface area contributed by atoms with Crippen LogP contribution >= 0.6 is 0 Å². The molecule has 1 unspecified atom stereocenters. The number of nitrogens with zero attached hydrogens (tertiary/aromatic N) is 3. The fraction of sp³-hybridized carbons (Fsp3) is 0.455. The Bertz CT molecular complexity index is 486. The molecule has 0 aliphatic rings. The maximum Gasteiger partial charge on any atom is 0.289 e. The minimum absolute atomic E-state index is 0.0930. The Labute approximate surface area is 109 Å². The molecule has 102 valence electrons. The fourth-order valence-electron chi connectivity index (χ4n) is 1.41. The predicted molar refractivity (Wildman–Crippen MR) is 66.6 cm³/mol. The number of aliphatic hydroxyl groups excluding tert-OH is 1. The topological polar surface area (TPSA) is 121 Å². The van der Waals surface area contributed by atoms with Gasteiger partial charge in [-0.3, -0.25) is 10.1 Å². The van der Waals surface area contributed by atoms with Gasteiger partial charge in [-0.25, -0.2) is 4.98 Å². The largest absolute Gasteiger partial charge is 0.391 e. The first-order chi connectivity index (χ1) is 9.08. The zero-order valence-electron chi connectivity index (χ0n) is 10.4. The normalized spacial score (nSPS) is 11.6. The number of aromatic nitrogens is 1. The summed E-state index contributed by atoms with van der Waals surface area (Å²) in [7, 11) is 1.49. The van der Waals surface area contributed by atoms with Crippen molar-refractivity contribution in [2.24, 2.45) is 0 Å². The van der Waals surface area contributed by atoms with E-state index in [1.165, 1.54) is 7.11 Å². The quantitative estimate of drug-likeness (QED) is 0.549. The third-order valence-electron chi connectivity index (χ3n) is 2.33. The molecule has 1 aromatic rings. The zero-order valence-corrected chi connectivity index (χ0v) is 10.4. The van der Waals surface area contributed by atoms with Crippen LogP contribution in [0, 0.1) is 21.4 Å². The van der Waals surface area contributed by atoms with Crippen molar-refractivity contribution in [1.29, 1.82) is 5.26 Å². The van der Waals surface area contributed by atoms with Crippen molar-refractivity contribution in [1.82, 2.24) is 4.98 Å². The molecule has 0 saturated carbocycles. The van der Waals surface area contributed by atoms with Gasteiger partial charge in [0.1, 0.15) is 23.6 Å². The van der Waals surface area contributed by atoms with E-state index in [4.69, 9.17) is 10.00 Å². The highest BCUT2D eigenvalue weighted by Gasteiger charge is 2.12. The number of nitro groups is 1. The number of nitrogens with one attached hydrogen (secondary N) is 1. The van der Waals surface area contributed by atoms with Crippen molar-refractivity contribution >= 4 is 11.5 Å². The Morgan fingerprint density at radius 2 is 2.47 bits per heavy atom. The summed E-state index contributed by atoms with van der Waals surface area (Å²) in [5, 5.41) is 31.7. The molecule has 8 heteroatoms. The summed E-state index contributed by atoms with van der Waals surface area (Å²) in [6.07, 6.45) is 0.882. The Balaban J connectivity index is 2.64. The van der Waals surface area contributed by atoms with Gasteiger partial charge in [-0.2, -0.15) is 5.26 Å². The Hall–Kier alpha value is -2.24. The second-order valence-electron chi connectivity index (χ2n) is 3.78. The number of rotatable bonds is 7. The number of hydrogen-bond donors (Lipinski definition) is 2. The van der Waals surface area contributed by atoms with Crippen molar-refractivity contribution in [3.05, 3.63) is 27.9 Å². The lowest BCUT2D eigenvalue weighted by Crippen LogP contribution is -2.19. The maximum atomic E-state index is 10.5. The number of methoxy groups -OCH3 is 1. The van der Waals surface area contributed by atoms with Gasteiger partial charge in [0, 0.05) is 19.7 Å². The summed E-state index contributed by atoms with van der Waals surface area (Å²) in [6.45, 7) is 0.602. The summed E-state index contributed by atoms with van der Waals surface area (Å²) in [5.41, 5.74) is -0.142. The summed E-state index contributed by atoms with van der Waals surface area (Å²) < 4.78 is 4.77. The maximum absolute atomic E-state index is 10.5. The molecule has 1 heterocycles. The molecule has 0 radical (unpaired) electrons. The van der Waals surface area contributed by atoms with Gasteiger partial charge >= 0.3 is 0 Å². The second kappa shape index (κ2) is 7.25. The molecule has 0 saturated heterocycles. The molecule has 8 nitrogen and oxygen atoms in total. The molecule has 0 bridgehead atoms. The van der Waals surface area contributed by atoms with Gasteiger partial charge in [0.15, 0.2) is 0 Å². The van der Waals surface area contributed by atoms with Gasteiger partial charge in [-0.1, -0.05) is 0 Å². The van der Waals surface area contributed by atoms with E-state index in [0.717, 1.165) is 12.3 Å². The van der Waals surface area contributed by atoms with Gasteiger partial charge in [0.2, 0.25) is 0 Å². The van der Waals surface area contributed by atoms with Crippen LogP contribution in [0.15, 0.2) is 12.3 Å².